The highest BCUT2D eigenvalue weighted by molar-refractivity contribution is 5.97. The van der Waals surface area contributed by atoms with E-state index in [1.807, 2.05) is 13.8 Å². The molecule has 0 spiro atoms. The summed E-state index contributed by atoms with van der Waals surface area (Å²) in [6.45, 7) is 5.33. The number of carbonyl (C=O) groups is 3. The molecule has 0 atom stereocenters. The molecule has 0 heterocycles. The first-order valence-electron chi connectivity index (χ1n) is 7.16. The Hall–Kier alpha value is -2.17. The Balaban J connectivity index is 2.47. The molecule has 114 valence electrons. The third-order valence-electron chi connectivity index (χ3n) is 3.35. The van der Waals surface area contributed by atoms with Gasteiger partial charge < -0.3 is 10.6 Å². The Morgan fingerprint density at radius 3 is 2.10 bits per heavy atom. The van der Waals surface area contributed by atoms with Gasteiger partial charge in [-0.2, -0.15) is 0 Å². The number of carbonyl (C=O) groups excluding carboxylic acids is 3. The zero-order chi connectivity index (χ0) is 15.8. The molecule has 0 fully saturated rings. The maximum Gasteiger partial charge on any atom is 0.243 e. The summed E-state index contributed by atoms with van der Waals surface area (Å²) in [6.07, 6.45) is 1.52. The molecule has 5 heteroatoms. The van der Waals surface area contributed by atoms with Crippen LogP contribution < -0.4 is 10.6 Å². The van der Waals surface area contributed by atoms with Crippen molar-refractivity contribution in [1.29, 1.82) is 0 Å². The van der Waals surface area contributed by atoms with E-state index in [1.165, 1.54) is 6.92 Å². The molecule has 2 amide bonds. The SMILES string of the molecule is CCC(CC)C(=O)NCC(=O)Nc1ccc(C(C)=O)cc1. The van der Waals surface area contributed by atoms with Crippen LogP contribution in [0.2, 0.25) is 0 Å². The lowest BCUT2D eigenvalue weighted by molar-refractivity contribution is -0.127. The third-order valence-corrected chi connectivity index (χ3v) is 3.35. The summed E-state index contributed by atoms with van der Waals surface area (Å²) in [4.78, 5) is 34.6. The fourth-order valence-electron chi connectivity index (χ4n) is 1.96. The topological polar surface area (TPSA) is 75.3 Å². The molecule has 5 nitrogen and oxygen atoms in total. The lowest BCUT2D eigenvalue weighted by Crippen LogP contribution is -2.36. The summed E-state index contributed by atoms with van der Waals surface area (Å²) in [7, 11) is 0. The monoisotopic (exact) mass is 290 g/mol. The van der Waals surface area contributed by atoms with Crippen molar-refractivity contribution in [3.63, 3.8) is 0 Å². The Kier molecular flexibility index (Phi) is 6.59. The fraction of sp³-hybridized carbons (Fsp3) is 0.438. The van der Waals surface area contributed by atoms with Crippen molar-refractivity contribution in [3.05, 3.63) is 29.8 Å². The van der Waals surface area contributed by atoms with Gasteiger partial charge in [0.2, 0.25) is 11.8 Å². The second-order valence-electron chi connectivity index (χ2n) is 4.91. The predicted octanol–water partition coefficient (Wildman–Crippen LogP) is 2.38. The van der Waals surface area contributed by atoms with Gasteiger partial charge in [0.15, 0.2) is 5.78 Å². The third kappa shape index (κ3) is 5.38. The van der Waals surface area contributed by atoms with Crippen LogP contribution in [0.4, 0.5) is 5.69 Å². The average molecular weight is 290 g/mol. The van der Waals surface area contributed by atoms with Crippen LogP contribution in [0.25, 0.3) is 0 Å². The van der Waals surface area contributed by atoms with Crippen molar-refractivity contribution in [2.45, 2.75) is 33.6 Å². The van der Waals surface area contributed by atoms with Crippen LogP contribution in [-0.4, -0.2) is 24.1 Å². The number of rotatable bonds is 7. The second kappa shape index (κ2) is 8.19. The Bertz CT molecular complexity index is 505. The standard InChI is InChI=1S/C16H22N2O3/c1-4-12(5-2)16(21)17-10-15(20)18-14-8-6-13(7-9-14)11(3)19/h6-9,12H,4-5,10H2,1-3H3,(H,17,21)(H,18,20). The molecular formula is C16H22N2O3. The summed E-state index contributed by atoms with van der Waals surface area (Å²) in [5.41, 5.74) is 1.19. The van der Waals surface area contributed by atoms with E-state index in [9.17, 15) is 14.4 Å². The highest BCUT2D eigenvalue weighted by Crippen LogP contribution is 2.10. The number of hydrogen-bond donors (Lipinski definition) is 2. The summed E-state index contributed by atoms with van der Waals surface area (Å²) in [6, 6.07) is 6.64. The van der Waals surface area contributed by atoms with Gasteiger partial charge in [-0.25, -0.2) is 0 Å². The Morgan fingerprint density at radius 2 is 1.62 bits per heavy atom. The second-order valence-corrected chi connectivity index (χ2v) is 4.91. The first-order chi connectivity index (χ1) is 9.97. The Morgan fingerprint density at radius 1 is 1.05 bits per heavy atom. The number of Topliss-reactive ketones (excluding diaryl/α,β-unsaturated/α-hetero) is 1. The molecule has 0 bridgehead atoms. The zero-order valence-electron chi connectivity index (χ0n) is 12.7. The number of ketones is 1. The van der Waals surface area contributed by atoms with Crippen LogP contribution in [0, 0.1) is 5.92 Å². The van der Waals surface area contributed by atoms with E-state index in [0.29, 0.717) is 11.3 Å². The van der Waals surface area contributed by atoms with Crippen LogP contribution >= 0.6 is 0 Å². The van der Waals surface area contributed by atoms with Crippen molar-refractivity contribution in [3.8, 4) is 0 Å². The normalized spacial score (nSPS) is 10.3. The quantitative estimate of drug-likeness (QED) is 0.757. The minimum Gasteiger partial charge on any atom is -0.347 e. The predicted molar refractivity (Wildman–Crippen MR) is 82.2 cm³/mol. The van der Waals surface area contributed by atoms with E-state index < -0.39 is 0 Å². The lowest BCUT2D eigenvalue weighted by atomic mass is 10.0. The Labute approximate surface area is 125 Å². The zero-order valence-corrected chi connectivity index (χ0v) is 12.7. The summed E-state index contributed by atoms with van der Waals surface area (Å²) in [5.74, 6) is -0.454. The highest BCUT2D eigenvalue weighted by atomic mass is 16.2. The van der Waals surface area contributed by atoms with Crippen molar-refractivity contribution < 1.29 is 14.4 Å². The van der Waals surface area contributed by atoms with Gasteiger partial charge in [-0.3, -0.25) is 14.4 Å². The van der Waals surface area contributed by atoms with Gasteiger partial charge in [-0.15, -0.1) is 0 Å². The number of anilines is 1. The summed E-state index contributed by atoms with van der Waals surface area (Å²) >= 11 is 0. The maximum absolute atomic E-state index is 11.8. The number of amides is 2. The van der Waals surface area contributed by atoms with E-state index in [0.717, 1.165) is 12.8 Å². The molecule has 0 saturated carbocycles. The first-order valence-corrected chi connectivity index (χ1v) is 7.16. The minimum absolute atomic E-state index is 0.0229. The largest absolute Gasteiger partial charge is 0.347 e. The minimum atomic E-state index is -0.287. The first kappa shape index (κ1) is 16.9. The number of nitrogens with one attached hydrogen (secondary N) is 2. The maximum atomic E-state index is 11.8. The van der Waals surface area contributed by atoms with E-state index in [2.05, 4.69) is 10.6 Å². The molecule has 0 unspecified atom stereocenters. The van der Waals surface area contributed by atoms with Gasteiger partial charge in [-0.1, -0.05) is 13.8 Å². The smallest absolute Gasteiger partial charge is 0.243 e. The van der Waals surface area contributed by atoms with Gasteiger partial charge in [0.05, 0.1) is 6.54 Å². The molecule has 1 aromatic carbocycles. The highest BCUT2D eigenvalue weighted by Gasteiger charge is 2.14. The molecule has 21 heavy (non-hydrogen) atoms. The van der Waals surface area contributed by atoms with Gasteiger partial charge in [-0.05, 0) is 44.0 Å². The van der Waals surface area contributed by atoms with Crippen molar-refractivity contribution >= 4 is 23.3 Å². The summed E-state index contributed by atoms with van der Waals surface area (Å²) in [5, 5.41) is 5.30. The lowest BCUT2D eigenvalue weighted by Gasteiger charge is -2.12. The van der Waals surface area contributed by atoms with Crippen LogP contribution in [0.5, 0.6) is 0 Å². The van der Waals surface area contributed by atoms with E-state index >= 15 is 0 Å². The molecule has 0 aliphatic carbocycles. The molecule has 1 rings (SSSR count). The van der Waals surface area contributed by atoms with Crippen LogP contribution in [0.1, 0.15) is 44.0 Å². The average Bonchev–Trinajstić information content (AvgIpc) is 2.47. The van der Waals surface area contributed by atoms with Crippen molar-refractivity contribution in [1.82, 2.24) is 5.32 Å². The van der Waals surface area contributed by atoms with Gasteiger partial charge in [0, 0.05) is 17.2 Å². The molecule has 0 aromatic heterocycles. The van der Waals surface area contributed by atoms with Crippen molar-refractivity contribution in [2.75, 3.05) is 11.9 Å². The fourth-order valence-corrected chi connectivity index (χ4v) is 1.96. The van der Waals surface area contributed by atoms with Crippen LogP contribution in [-0.2, 0) is 9.59 Å². The molecule has 0 radical (unpaired) electrons. The van der Waals surface area contributed by atoms with Gasteiger partial charge in [0.1, 0.15) is 0 Å². The van der Waals surface area contributed by atoms with E-state index in [4.69, 9.17) is 0 Å². The summed E-state index contributed by atoms with van der Waals surface area (Å²) < 4.78 is 0. The molecule has 0 saturated heterocycles. The number of benzene rings is 1. The van der Waals surface area contributed by atoms with Crippen LogP contribution in [0.3, 0.4) is 0 Å². The molecular weight excluding hydrogens is 268 g/mol. The van der Waals surface area contributed by atoms with E-state index in [-0.39, 0.29) is 30.1 Å². The molecule has 0 aliphatic rings. The molecule has 2 N–H and O–H groups in total. The van der Waals surface area contributed by atoms with E-state index in [1.54, 1.807) is 24.3 Å². The van der Waals surface area contributed by atoms with Gasteiger partial charge in [0.25, 0.3) is 0 Å². The van der Waals surface area contributed by atoms with Crippen LogP contribution in [0.15, 0.2) is 24.3 Å². The molecule has 1 aromatic rings. The number of hydrogen-bond acceptors (Lipinski definition) is 3. The van der Waals surface area contributed by atoms with Gasteiger partial charge >= 0.3 is 0 Å². The molecule has 0 aliphatic heterocycles. The van der Waals surface area contributed by atoms with Crippen molar-refractivity contribution in [2.24, 2.45) is 5.92 Å².